The van der Waals surface area contributed by atoms with Crippen molar-refractivity contribution in [2.75, 3.05) is 0 Å². The van der Waals surface area contributed by atoms with Gasteiger partial charge >= 0.3 is 6.03 Å². The average molecular weight is 315 g/mol. The van der Waals surface area contributed by atoms with E-state index in [1.54, 1.807) is 13.1 Å². The molecule has 0 saturated heterocycles. The predicted octanol–water partition coefficient (Wildman–Crippen LogP) is 1.41. The molecular weight excluding hydrogens is 294 g/mol. The Balaban J connectivity index is 2.12. The topological polar surface area (TPSA) is 102 Å². The highest BCUT2D eigenvalue weighted by Gasteiger charge is 2.20. The largest absolute Gasteiger partial charge is 0.352 e. The number of para-hydroxylation sites is 1. The van der Waals surface area contributed by atoms with Crippen LogP contribution in [0.5, 0.6) is 0 Å². The number of amides is 3. The number of carbonyl (C=O) groups is 2. The highest BCUT2D eigenvalue weighted by molar-refractivity contribution is 5.86. The minimum absolute atomic E-state index is 0.239. The van der Waals surface area contributed by atoms with E-state index in [1.165, 1.54) is 0 Å². The standard InChI is InChI=1S/C16H21N5O2/c1-10(19-15(22)11(2)20-16(17)23)14-9-18-21(12(14)3)13-7-5-4-6-8-13/h4-11H,1-3H3,(H,19,22)(H3,17,20,23)/t10-,11+/m0/s1. The summed E-state index contributed by atoms with van der Waals surface area (Å²) in [6.45, 7) is 5.39. The van der Waals surface area contributed by atoms with Gasteiger partial charge in [0.05, 0.1) is 17.9 Å². The molecule has 2 rings (SSSR count). The SMILES string of the molecule is Cc1c([C@H](C)NC(=O)[C@@H](C)NC(N)=O)cnn1-c1ccccc1. The molecule has 0 bridgehead atoms. The van der Waals surface area contributed by atoms with Crippen LogP contribution in [0.25, 0.3) is 5.69 Å². The van der Waals surface area contributed by atoms with Gasteiger partial charge in [-0.25, -0.2) is 9.48 Å². The normalized spacial score (nSPS) is 13.2. The summed E-state index contributed by atoms with van der Waals surface area (Å²) in [6, 6.07) is 8.10. The lowest BCUT2D eigenvalue weighted by atomic mass is 10.1. The average Bonchev–Trinajstić information content (AvgIpc) is 2.89. The molecule has 23 heavy (non-hydrogen) atoms. The number of hydrogen-bond donors (Lipinski definition) is 3. The van der Waals surface area contributed by atoms with Crippen molar-refractivity contribution in [3.05, 3.63) is 47.8 Å². The summed E-state index contributed by atoms with van der Waals surface area (Å²) in [5, 5.41) is 9.58. The third kappa shape index (κ3) is 3.88. The second kappa shape index (κ2) is 6.95. The highest BCUT2D eigenvalue weighted by atomic mass is 16.2. The Morgan fingerprint density at radius 1 is 1.17 bits per heavy atom. The summed E-state index contributed by atoms with van der Waals surface area (Å²) >= 11 is 0. The van der Waals surface area contributed by atoms with Crippen molar-refractivity contribution in [3.8, 4) is 5.69 Å². The zero-order chi connectivity index (χ0) is 17.0. The highest BCUT2D eigenvalue weighted by Crippen LogP contribution is 2.20. The van der Waals surface area contributed by atoms with Crippen LogP contribution in [0, 0.1) is 6.92 Å². The van der Waals surface area contributed by atoms with Crippen LogP contribution in [-0.2, 0) is 4.79 Å². The van der Waals surface area contributed by atoms with Gasteiger partial charge in [-0.15, -0.1) is 0 Å². The number of nitrogens with two attached hydrogens (primary N) is 1. The summed E-state index contributed by atoms with van der Waals surface area (Å²) in [5.74, 6) is -0.303. The number of rotatable bonds is 5. The molecule has 0 unspecified atom stereocenters. The number of urea groups is 1. The quantitative estimate of drug-likeness (QED) is 0.777. The van der Waals surface area contributed by atoms with Gasteiger partial charge in [-0.1, -0.05) is 18.2 Å². The molecule has 7 heteroatoms. The van der Waals surface area contributed by atoms with Crippen LogP contribution in [0.2, 0.25) is 0 Å². The Bertz CT molecular complexity index is 696. The summed E-state index contributed by atoms with van der Waals surface area (Å²) < 4.78 is 1.82. The Morgan fingerprint density at radius 2 is 1.83 bits per heavy atom. The lowest BCUT2D eigenvalue weighted by Gasteiger charge is -2.18. The molecular formula is C16H21N5O2. The van der Waals surface area contributed by atoms with Crippen molar-refractivity contribution in [1.82, 2.24) is 20.4 Å². The summed E-state index contributed by atoms with van der Waals surface area (Å²) in [7, 11) is 0. The van der Waals surface area contributed by atoms with E-state index >= 15 is 0 Å². The molecule has 1 aromatic carbocycles. The molecule has 0 spiro atoms. The van der Waals surface area contributed by atoms with E-state index in [4.69, 9.17) is 5.73 Å². The fraction of sp³-hybridized carbons (Fsp3) is 0.312. The zero-order valence-electron chi connectivity index (χ0n) is 13.4. The first-order valence-electron chi connectivity index (χ1n) is 7.36. The Labute approximate surface area is 134 Å². The van der Waals surface area contributed by atoms with Gasteiger partial charge in [0.15, 0.2) is 0 Å². The maximum absolute atomic E-state index is 12.0. The monoisotopic (exact) mass is 315 g/mol. The number of benzene rings is 1. The van der Waals surface area contributed by atoms with Crippen molar-refractivity contribution < 1.29 is 9.59 Å². The molecule has 3 amide bonds. The van der Waals surface area contributed by atoms with Gasteiger partial charge in [0.2, 0.25) is 5.91 Å². The first-order chi connectivity index (χ1) is 10.9. The van der Waals surface area contributed by atoms with Gasteiger partial charge in [-0.05, 0) is 32.9 Å². The second-order valence-corrected chi connectivity index (χ2v) is 5.39. The van der Waals surface area contributed by atoms with Crippen LogP contribution < -0.4 is 16.4 Å². The van der Waals surface area contributed by atoms with E-state index in [1.807, 2.05) is 48.9 Å². The lowest BCUT2D eigenvalue weighted by Crippen LogP contribution is -2.47. The summed E-state index contributed by atoms with van der Waals surface area (Å²) in [4.78, 5) is 22.8. The van der Waals surface area contributed by atoms with Crippen LogP contribution in [0.1, 0.15) is 31.1 Å². The van der Waals surface area contributed by atoms with Gasteiger partial charge < -0.3 is 16.4 Å². The van der Waals surface area contributed by atoms with Gasteiger partial charge in [-0.3, -0.25) is 4.79 Å². The van der Waals surface area contributed by atoms with Crippen LogP contribution in [0.4, 0.5) is 4.79 Å². The number of nitrogens with zero attached hydrogens (tertiary/aromatic N) is 2. The molecule has 7 nitrogen and oxygen atoms in total. The van der Waals surface area contributed by atoms with Crippen LogP contribution in [0.3, 0.4) is 0 Å². The third-order valence-corrected chi connectivity index (χ3v) is 3.63. The molecule has 0 aliphatic carbocycles. The van der Waals surface area contributed by atoms with Crippen molar-refractivity contribution >= 4 is 11.9 Å². The lowest BCUT2D eigenvalue weighted by molar-refractivity contribution is -0.123. The molecule has 0 saturated carbocycles. The fourth-order valence-corrected chi connectivity index (χ4v) is 2.37. The smallest absolute Gasteiger partial charge is 0.312 e. The molecule has 0 aliphatic rings. The van der Waals surface area contributed by atoms with E-state index < -0.39 is 12.1 Å². The number of nitrogens with one attached hydrogen (secondary N) is 2. The maximum Gasteiger partial charge on any atom is 0.312 e. The van der Waals surface area contributed by atoms with E-state index in [0.29, 0.717) is 0 Å². The Hall–Kier alpha value is -2.83. The molecule has 0 radical (unpaired) electrons. The summed E-state index contributed by atoms with van der Waals surface area (Å²) in [6.07, 6.45) is 1.74. The molecule has 2 aromatic rings. The van der Waals surface area contributed by atoms with Crippen molar-refractivity contribution in [2.24, 2.45) is 5.73 Å². The number of carbonyl (C=O) groups excluding carboxylic acids is 2. The number of primary amides is 1. The summed E-state index contributed by atoms with van der Waals surface area (Å²) in [5.41, 5.74) is 7.83. The van der Waals surface area contributed by atoms with Crippen molar-refractivity contribution in [1.29, 1.82) is 0 Å². The zero-order valence-corrected chi connectivity index (χ0v) is 13.4. The molecule has 122 valence electrons. The molecule has 1 heterocycles. The number of hydrogen-bond acceptors (Lipinski definition) is 3. The van der Waals surface area contributed by atoms with Gasteiger partial charge in [0, 0.05) is 11.3 Å². The molecule has 1 aromatic heterocycles. The maximum atomic E-state index is 12.0. The number of aromatic nitrogens is 2. The van der Waals surface area contributed by atoms with Crippen LogP contribution in [0.15, 0.2) is 36.5 Å². The van der Waals surface area contributed by atoms with Crippen LogP contribution >= 0.6 is 0 Å². The van der Waals surface area contributed by atoms with Crippen molar-refractivity contribution in [2.45, 2.75) is 32.9 Å². The molecule has 2 atom stereocenters. The third-order valence-electron chi connectivity index (χ3n) is 3.63. The molecule has 4 N–H and O–H groups in total. The van der Waals surface area contributed by atoms with Gasteiger partial charge in [-0.2, -0.15) is 5.10 Å². The Morgan fingerprint density at radius 3 is 2.43 bits per heavy atom. The minimum atomic E-state index is -0.728. The predicted molar refractivity (Wildman–Crippen MR) is 87.0 cm³/mol. The minimum Gasteiger partial charge on any atom is -0.352 e. The van der Waals surface area contributed by atoms with E-state index in [9.17, 15) is 9.59 Å². The molecule has 0 fully saturated rings. The fourth-order valence-electron chi connectivity index (χ4n) is 2.37. The second-order valence-electron chi connectivity index (χ2n) is 5.39. The van der Waals surface area contributed by atoms with E-state index in [2.05, 4.69) is 15.7 Å². The van der Waals surface area contributed by atoms with Crippen LogP contribution in [-0.4, -0.2) is 27.8 Å². The van der Waals surface area contributed by atoms with Gasteiger partial charge in [0.1, 0.15) is 6.04 Å². The Kier molecular flexibility index (Phi) is 5.00. The van der Waals surface area contributed by atoms with E-state index in [0.717, 1.165) is 16.9 Å². The van der Waals surface area contributed by atoms with E-state index in [-0.39, 0.29) is 11.9 Å². The van der Waals surface area contributed by atoms with Gasteiger partial charge in [0.25, 0.3) is 0 Å². The van der Waals surface area contributed by atoms with Crippen molar-refractivity contribution in [3.63, 3.8) is 0 Å². The first kappa shape index (κ1) is 16.5. The molecule has 0 aliphatic heterocycles. The first-order valence-corrected chi connectivity index (χ1v) is 7.36.